The molecule has 0 atom stereocenters. The van der Waals surface area contributed by atoms with Crippen LogP contribution in [0.15, 0.2) is 59.0 Å². The minimum atomic E-state index is -0.263. The maximum absolute atomic E-state index is 12.8. The fraction of sp³-hybridized carbons (Fsp3) is 0.300. The number of nitrogens with two attached hydrogens (primary N) is 1. The third-order valence-electron chi connectivity index (χ3n) is 4.56. The van der Waals surface area contributed by atoms with Crippen LogP contribution >= 0.6 is 11.3 Å². The molecule has 0 bridgehead atoms. The average Bonchev–Trinajstić information content (AvgIpc) is 2.88. The molecular weight excluding hydrogens is 316 g/mol. The van der Waals surface area contributed by atoms with Gasteiger partial charge in [-0.2, -0.15) is 0 Å². The first-order chi connectivity index (χ1) is 11.5. The lowest BCUT2D eigenvalue weighted by Crippen LogP contribution is -2.20. The first-order valence-corrected chi connectivity index (χ1v) is 9.09. The minimum absolute atomic E-state index is 0.122. The van der Waals surface area contributed by atoms with E-state index in [1.54, 1.807) is 0 Å². The molecule has 1 aliphatic rings. The molecule has 1 aromatic heterocycles. The van der Waals surface area contributed by atoms with E-state index >= 15 is 0 Å². The number of hydrogen-bond donors (Lipinski definition) is 1. The maximum atomic E-state index is 12.8. The molecule has 2 aromatic rings. The molecule has 0 aliphatic heterocycles. The van der Waals surface area contributed by atoms with Gasteiger partial charge in [-0.1, -0.05) is 56.3 Å². The predicted molar refractivity (Wildman–Crippen MR) is 100 cm³/mol. The van der Waals surface area contributed by atoms with E-state index in [1.165, 1.54) is 11.3 Å². The molecule has 1 aliphatic carbocycles. The Hall–Kier alpha value is -2.20. The molecule has 0 saturated carbocycles. The quantitative estimate of drug-likeness (QED) is 0.805. The van der Waals surface area contributed by atoms with Crippen LogP contribution in [0, 0.1) is 0 Å². The number of Topliss-reactive ketones (excluding diaryl/α,β-unsaturated/α-hetero) is 1. The second-order valence-corrected chi connectivity index (χ2v) is 7.50. The summed E-state index contributed by atoms with van der Waals surface area (Å²) in [6.45, 7) is 4.28. The molecular formula is C20H22N2OS. The Bertz CT molecular complexity index is 800. The van der Waals surface area contributed by atoms with Crippen molar-refractivity contribution < 1.29 is 4.79 Å². The molecule has 0 fully saturated rings. The summed E-state index contributed by atoms with van der Waals surface area (Å²) in [5.74, 6) is 0.122. The highest BCUT2D eigenvalue weighted by Crippen LogP contribution is 2.36. The number of aromatic nitrogens is 1. The van der Waals surface area contributed by atoms with Gasteiger partial charge in [-0.25, -0.2) is 4.98 Å². The van der Waals surface area contributed by atoms with Crippen LogP contribution in [0.5, 0.6) is 0 Å². The second-order valence-electron chi connectivity index (χ2n) is 6.61. The first-order valence-electron chi connectivity index (χ1n) is 8.21. The number of nitrogen functional groups attached to an aromatic ring is 1. The number of ketones is 1. The summed E-state index contributed by atoms with van der Waals surface area (Å²) in [5, 5.41) is 2.59. The highest BCUT2D eigenvalue weighted by Gasteiger charge is 2.29. The molecule has 0 unspecified atom stereocenters. The molecule has 3 nitrogen and oxygen atoms in total. The van der Waals surface area contributed by atoms with E-state index in [0.717, 1.165) is 41.7 Å². The van der Waals surface area contributed by atoms with Crippen molar-refractivity contribution in [3.8, 4) is 0 Å². The Labute approximate surface area is 146 Å². The Morgan fingerprint density at radius 1 is 1.25 bits per heavy atom. The lowest BCUT2D eigenvalue weighted by Gasteiger charge is -2.24. The van der Waals surface area contributed by atoms with Gasteiger partial charge in [0.15, 0.2) is 10.9 Å². The van der Waals surface area contributed by atoms with Gasteiger partial charge in [-0.05, 0) is 24.8 Å². The molecule has 0 amide bonds. The highest BCUT2D eigenvalue weighted by atomic mass is 32.1. The normalized spacial score (nSPS) is 15.4. The van der Waals surface area contributed by atoms with Crippen molar-refractivity contribution in [3.63, 3.8) is 0 Å². The topological polar surface area (TPSA) is 56.0 Å². The third-order valence-corrected chi connectivity index (χ3v) is 5.23. The third kappa shape index (κ3) is 3.34. The zero-order valence-corrected chi connectivity index (χ0v) is 14.9. The van der Waals surface area contributed by atoms with E-state index in [4.69, 9.17) is 5.73 Å². The van der Waals surface area contributed by atoms with Crippen LogP contribution in [0.25, 0.3) is 0 Å². The number of nitrogens with zero attached hydrogens (tertiary/aromatic N) is 1. The number of carbonyl (C=O) groups excluding carboxylic acids is 1. The van der Waals surface area contributed by atoms with E-state index in [9.17, 15) is 4.79 Å². The van der Waals surface area contributed by atoms with Gasteiger partial charge in [-0.15, -0.1) is 11.3 Å². The van der Waals surface area contributed by atoms with Crippen LogP contribution in [0.3, 0.4) is 0 Å². The average molecular weight is 338 g/mol. The van der Waals surface area contributed by atoms with Crippen molar-refractivity contribution in [2.75, 3.05) is 5.73 Å². The number of carbonyl (C=O) groups is 1. The van der Waals surface area contributed by atoms with Crippen molar-refractivity contribution in [2.24, 2.45) is 0 Å². The van der Waals surface area contributed by atoms with Crippen LogP contribution in [-0.4, -0.2) is 10.8 Å². The molecule has 0 saturated heterocycles. The zero-order valence-electron chi connectivity index (χ0n) is 14.1. The Balaban J connectivity index is 1.95. The number of anilines is 1. The highest BCUT2D eigenvalue weighted by molar-refractivity contribution is 7.13. The summed E-state index contributed by atoms with van der Waals surface area (Å²) in [4.78, 5) is 17.3. The molecule has 1 heterocycles. The predicted octanol–water partition coefficient (Wildman–Crippen LogP) is 4.92. The Morgan fingerprint density at radius 3 is 2.67 bits per heavy atom. The summed E-state index contributed by atoms with van der Waals surface area (Å²) in [7, 11) is 0. The molecule has 3 rings (SSSR count). The summed E-state index contributed by atoms with van der Waals surface area (Å²) in [6.07, 6.45) is 7.07. The number of allylic oxidation sites excluding steroid dienone is 4. The van der Waals surface area contributed by atoms with Crippen molar-refractivity contribution in [3.05, 3.63) is 70.3 Å². The van der Waals surface area contributed by atoms with Gasteiger partial charge in [0.1, 0.15) is 0 Å². The smallest absolute Gasteiger partial charge is 0.189 e. The monoisotopic (exact) mass is 338 g/mol. The molecule has 4 heteroatoms. The molecule has 124 valence electrons. The molecule has 1 aromatic carbocycles. The van der Waals surface area contributed by atoms with Crippen molar-refractivity contribution in [1.29, 1.82) is 0 Å². The van der Waals surface area contributed by atoms with Gasteiger partial charge in [0, 0.05) is 21.9 Å². The fourth-order valence-corrected chi connectivity index (χ4v) is 3.71. The number of hydrogen-bond acceptors (Lipinski definition) is 4. The lowest BCUT2D eigenvalue weighted by molar-refractivity contribution is 0.103. The largest absolute Gasteiger partial charge is 0.375 e. The van der Waals surface area contributed by atoms with Gasteiger partial charge in [0.05, 0.1) is 5.69 Å². The van der Waals surface area contributed by atoms with Crippen LogP contribution < -0.4 is 5.73 Å². The molecule has 0 spiro atoms. The zero-order chi connectivity index (χ0) is 17.2. The standard InChI is InChI=1S/C20H22N2OS/c1-20(2,17-13-24-19(21)22-17)16-11-7-6-10-15(12-16)18(23)14-8-4-3-5-9-14/h3-5,8-9,11-13H,6-7,10H2,1-2H3,(H2,21,22). The number of rotatable bonds is 4. The van der Waals surface area contributed by atoms with Crippen LogP contribution in [0.4, 0.5) is 5.13 Å². The first kappa shape index (κ1) is 16.7. The summed E-state index contributed by atoms with van der Waals surface area (Å²) < 4.78 is 0. The molecule has 24 heavy (non-hydrogen) atoms. The maximum Gasteiger partial charge on any atom is 0.189 e. The van der Waals surface area contributed by atoms with Gasteiger partial charge in [0.25, 0.3) is 0 Å². The van der Waals surface area contributed by atoms with Crippen molar-refractivity contribution in [1.82, 2.24) is 4.98 Å². The van der Waals surface area contributed by atoms with Crippen molar-refractivity contribution >= 4 is 22.3 Å². The Morgan fingerprint density at radius 2 is 2.00 bits per heavy atom. The van der Waals surface area contributed by atoms with Gasteiger partial charge >= 0.3 is 0 Å². The summed E-state index contributed by atoms with van der Waals surface area (Å²) in [6, 6.07) is 9.50. The van der Waals surface area contributed by atoms with Crippen LogP contribution in [0.1, 0.15) is 49.2 Å². The lowest BCUT2D eigenvalue weighted by atomic mass is 9.80. The minimum Gasteiger partial charge on any atom is -0.375 e. The summed E-state index contributed by atoms with van der Waals surface area (Å²) in [5.41, 5.74) is 9.27. The van der Waals surface area contributed by atoms with E-state index in [0.29, 0.717) is 5.13 Å². The van der Waals surface area contributed by atoms with Gasteiger partial charge in [-0.3, -0.25) is 4.79 Å². The van der Waals surface area contributed by atoms with Crippen molar-refractivity contribution in [2.45, 2.75) is 38.5 Å². The molecule has 2 N–H and O–H groups in total. The van der Waals surface area contributed by atoms with E-state index in [-0.39, 0.29) is 11.2 Å². The van der Waals surface area contributed by atoms with E-state index < -0.39 is 0 Å². The van der Waals surface area contributed by atoms with Crippen LogP contribution in [0.2, 0.25) is 0 Å². The second kappa shape index (κ2) is 6.73. The van der Waals surface area contributed by atoms with E-state index in [2.05, 4.69) is 31.0 Å². The van der Waals surface area contributed by atoms with Crippen LogP contribution in [-0.2, 0) is 5.41 Å². The fourth-order valence-electron chi connectivity index (χ4n) is 2.98. The van der Waals surface area contributed by atoms with Gasteiger partial charge in [0.2, 0.25) is 0 Å². The Kier molecular flexibility index (Phi) is 4.67. The summed E-state index contributed by atoms with van der Waals surface area (Å²) >= 11 is 1.46. The van der Waals surface area contributed by atoms with Gasteiger partial charge < -0.3 is 5.73 Å². The number of thiazole rings is 1. The SMILES string of the molecule is CC(C)(C1=CCCCC(C(=O)c2ccccc2)=C1)c1csc(N)n1. The number of benzene rings is 1. The van der Waals surface area contributed by atoms with E-state index in [1.807, 2.05) is 35.7 Å². The molecule has 0 radical (unpaired) electrons.